The van der Waals surface area contributed by atoms with Gasteiger partial charge in [-0.3, -0.25) is 4.79 Å². The Morgan fingerprint density at radius 3 is 2.50 bits per heavy atom. The van der Waals surface area contributed by atoms with Crippen molar-refractivity contribution >= 4 is 23.1 Å². The van der Waals surface area contributed by atoms with Gasteiger partial charge in [0, 0.05) is 14.0 Å². The minimum absolute atomic E-state index is 0.239. The second kappa shape index (κ2) is 4.61. The number of aromatic nitrogens is 1. The summed E-state index contributed by atoms with van der Waals surface area (Å²) >= 11 is 4.84. The fourth-order valence-corrected chi connectivity index (χ4v) is 1.41. The van der Waals surface area contributed by atoms with Crippen molar-refractivity contribution in [3.05, 3.63) is 17.3 Å². The van der Waals surface area contributed by atoms with Gasteiger partial charge in [-0.15, -0.1) is 0 Å². The van der Waals surface area contributed by atoms with Crippen molar-refractivity contribution in [2.75, 3.05) is 7.05 Å². The molecule has 0 aliphatic carbocycles. The fraction of sp³-hybridized carbons (Fsp3) is 0.500. The predicted molar refractivity (Wildman–Crippen MR) is 64.3 cm³/mol. The SMILES string of the molecule is Cc1nc(C)c(C(=O)N(C)C(C)C(N)=S)o1. The highest BCUT2D eigenvalue weighted by Crippen LogP contribution is 2.13. The molecular weight excluding hydrogens is 226 g/mol. The Bertz CT molecular complexity index is 428. The molecule has 1 aromatic rings. The summed E-state index contributed by atoms with van der Waals surface area (Å²) in [5, 5.41) is 0. The summed E-state index contributed by atoms with van der Waals surface area (Å²) in [5.41, 5.74) is 6.06. The van der Waals surface area contributed by atoms with Crippen molar-refractivity contribution in [1.29, 1.82) is 0 Å². The Morgan fingerprint density at radius 1 is 1.56 bits per heavy atom. The standard InChI is InChI=1S/C10H15N3O2S/c1-5-8(15-7(3)12-5)10(14)13(4)6(2)9(11)16/h6H,1-4H3,(H2,11,16). The van der Waals surface area contributed by atoms with Crippen molar-refractivity contribution in [2.24, 2.45) is 5.73 Å². The van der Waals surface area contributed by atoms with E-state index in [1.165, 1.54) is 4.90 Å². The number of carbonyl (C=O) groups is 1. The molecule has 88 valence electrons. The normalized spacial score (nSPS) is 12.2. The highest BCUT2D eigenvalue weighted by Gasteiger charge is 2.24. The Morgan fingerprint density at radius 2 is 2.12 bits per heavy atom. The van der Waals surface area contributed by atoms with Gasteiger partial charge in [-0.25, -0.2) is 4.98 Å². The molecule has 0 saturated carbocycles. The highest BCUT2D eigenvalue weighted by atomic mass is 32.1. The van der Waals surface area contributed by atoms with E-state index in [2.05, 4.69) is 4.98 Å². The first-order chi connectivity index (χ1) is 7.34. The first-order valence-electron chi connectivity index (χ1n) is 4.85. The number of carbonyl (C=O) groups excluding carboxylic acids is 1. The lowest BCUT2D eigenvalue weighted by molar-refractivity contribution is 0.0745. The lowest BCUT2D eigenvalue weighted by Crippen LogP contribution is -2.42. The summed E-state index contributed by atoms with van der Waals surface area (Å²) < 4.78 is 5.24. The van der Waals surface area contributed by atoms with Gasteiger partial charge in [-0.05, 0) is 13.8 Å². The average molecular weight is 241 g/mol. The van der Waals surface area contributed by atoms with E-state index in [1.54, 1.807) is 27.8 Å². The van der Waals surface area contributed by atoms with Crippen LogP contribution in [0.1, 0.15) is 29.1 Å². The Labute approximate surface area is 99.6 Å². The zero-order valence-corrected chi connectivity index (χ0v) is 10.6. The molecule has 6 heteroatoms. The lowest BCUT2D eigenvalue weighted by atomic mass is 10.2. The van der Waals surface area contributed by atoms with E-state index in [0.717, 1.165) is 0 Å². The Balaban J connectivity index is 2.94. The van der Waals surface area contributed by atoms with Gasteiger partial charge in [0.05, 0.1) is 16.7 Å². The topological polar surface area (TPSA) is 72.4 Å². The van der Waals surface area contributed by atoms with Crippen molar-refractivity contribution in [3.63, 3.8) is 0 Å². The molecule has 1 heterocycles. The number of nitrogens with two attached hydrogens (primary N) is 1. The van der Waals surface area contributed by atoms with E-state index in [-0.39, 0.29) is 22.7 Å². The van der Waals surface area contributed by atoms with Crippen LogP contribution in [0.3, 0.4) is 0 Å². The maximum absolute atomic E-state index is 12.0. The van der Waals surface area contributed by atoms with E-state index in [0.29, 0.717) is 11.6 Å². The van der Waals surface area contributed by atoms with E-state index in [9.17, 15) is 4.79 Å². The fourth-order valence-electron chi connectivity index (χ4n) is 1.26. The maximum atomic E-state index is 12.0. The van der Waals surface area contributed by atoms with Gasteiger partial charge in [0.1, 0.15) is 0 Å². The molecule has 0 saturated heterocycles. The Hall–Kier alpha value is -1.43. The maximum Gasteiger partial charge on any atom is 0.291 e. The molecule has 1 unspecified atom stereocenters. The van der Waals surface area contributed by atoms with Crippen LogP contribution in [-0.2, 0) is 0 Å². The zero-order valence-electron chi connectivity index (χ0n) is 9.77. The number of likely N-dealkylation sites (N-methyl/N-ethyl adjacent to an activating group) is 1. The molecule has 0 spiro atoms. The summed E-state index contributed by atoms with van der Waals surface area (Å²) in [7, 11) is 1.63. The van der Waals surface area contributed by atoms with Gasteiger partial charge in [0.25, 0.3) is 5.91 Å². The van der Waals surface area contributed by atoms with E-state index < -0.39 is 0 Å². The zero-order chi connectivity index (χ0) is 12.5. The van der Waals surface area contributed by atoms with Crippen LogP contribution in [0.4, 0.5) is 0 Å². The number of oxazole rings is 1. The number of thiocarbonyl (C=S) groups is 1. The van der Waals surface area contributed by atoms with Crippen LogP contribution in [0, 0.1) is 13.8 Å². The number of amides is 1. The van der Waals surface area contributed by atoms with Crippen molar-refractivity contribution < 1.29 is 9.21 Å². The molecule has 0 radical (unpaired) electrons. The van der Waals surface area contributed by atoms with Crippen molar-refractivity contribution in [3.8, 4) is 0 Å². The first-order valence-corrected chi connectivity index (χ1v) is 5.26. The van der Waals surface area contributed by atoms with E-state index >= 15 is 0 Å². The van der Waals surface area contributed by atoms with Gasteiger partial charge in [-0.1, -0.05) is 12.2 Å². The van der Waals surface area contributed by atoms with Crippen molar-refractivity contribution in [2.45, 2.75) is 26.8 Å². The van der Waals surface area contributed by atoms with Gasteiger partial charge in [0.15, 0.2) is 5.89 Å². The van der Waals surface area contributed by atoms with Crippen LogP contribution < -0.4 is 5.73 Å². The van der Waals surface area contributed by atoms with Gasteiger partial charge >= 0.3 is 0 Å². The molecule has 1 amide bonds. The van der Waals surface area contributed by atoms with Crippen LogP contribution in [-0.4, -0.2) is 33.9 Å². The molecule has 1 aromatic heterocycles. The number of rotatable bonds is 3. The molecule has 1 rings (SSSR count). The largest absolute Gasteiger partial charge is 0.436 e. The van der Waals surface area contributed by atoms with Crippen LogP contribution >= 0.6 is 12.2 Å². The van der Waals surface area contributed by atoms with Gasteiger partial charge in [0.2, 0.25) is 5.76 Å². The molecule has 5 nitrogen and oxygen atoms in total. The summed E-state index contributed by atoms with van der Waals surface area (Å²) in [6.45, 7) is 5.18. The van der Waals surface area contributed by atoms with Crippen LogP contribution in [0.5, 0.6) is 0 Å². The molecule has 0 aliphatic rings. The van der Waals surface area contributed by atoms with Crippen LogP contribution in [0.15, 0.2) is 4.42 Å². The second-order valence-electron chi connectivity index (χ2n) is 3.64. The third-order valence-electron chi connectivity index (χ3n) is 2.41. The molecule has 1 atom stereocenters. The molecule has 0 aliphatic heterocycles. The van der Waals surface area contributed by atoms with Crippen molar-refractivity contribution in [1.82, 2.24) is 9.88 Å². The average Bonchev–Trinajstić information content (AvgIpc) is 2.54. The number of aryl methyl sites for hydroxylation is 2. The third kappa shape index (κ3) is 2.38. The minimum atomic E-state index is -0.313. The molecular formula is C10H15N3O2S. The van der Waals surface area contributed by atoms with Gasteiger partial charge in [-0.2, -0.15) is 0 Å². The third-order valence-corrected chi connectivity index (χ3v) is 2.75. The lowest BCUT2D eigenvalue weighted by Gasteiger charge is -2.22. The van der Waals surface area contributed by atoms with Crippen LogP contribution in [0.2, 0.25) is 0 Å². The quantitative estimate of drug-likeness (QED) is 0.800. The molecule has 2 N–H and O–H groups in total. The first kappa shape index (κ1) is 12.6. The van der Waals surface area contributed by atoms with E-state index in [1.807, 2.05) is 0 Å². The number of nitrogens with zero attached hydrogens (tertiary/aromatic N) is 2. The summed E-state index contributed by atoms with van der Waals surface area (Å²) in [5.74, 6) is 0.443. The highest BCUT2D eigenvalue weighted by molar-refractivity contribution is 7.80. The van der Waals surface area contributed by atoms with Gasteiger partial charge < -0.3 is 15.1 Å². The predicted octanol–water partition coefficient (Wildman–Crippen LogP) is 1.04. The minimum Gasteiger partial charge on any atom is -0.436 e. The van der Waals surface area contributed by atoms with E-state index in [4.69, 9.17) is 22.4 Å². The Kier molecular flexibility index (Phi) is 3.64. The summed E-state index contributed by atoms with van der Waals surface area (Å²) in [6, 6.07) is -0.313. The number of hydrogen-bond acceptors (Lipinski definition) is 4. The summed E-state index contributed by atoms with van der Waals surface area (Å²) in [6.07, 6.45) is 0. The molecule has 0 bridgehead atoms. The molecule has 0 fully saturated rings. The van der Waals surface area contributed by atoms with Crippen LogP contribution in [0.25, 0.3) is 0 Å². The monoisotopic (exact) mass is 241 g/mol. The molecule has 0 aromatic carbocycles. The summed E-state index contributed by atoms with van der Waals surface area (Å²) in [4.78, 5) is 17.8. The number of hydrogen-bond donors (Lipinski definition) is 1. The smallest absolute Gasteiger partial charge is 0.291 e. The molecule has 16 heavy (non-hydrogen) atoms. The second-order valence-corrected chi connectivity index (χ2v) is 4.11.